The van der Waals surface area contributed by atoms with Gasteiger partial charge in [-0.05, 0) is 61.8 Å². The summed E-state index contributed by atoms with van der Waals surface area (Å²) in [4.78, 5) is 22.7. The normalized spacial score (nSPS) is 14.6. The zero-order chi connectivity index (χ0) is 31.3. The van der Waals surface area contributed by atoms with Crippen LogP contribution in [0.2, 0.25) is 0 Å². The van der Waals surface area contributed by atoms with Crippen LogP contribution >= 0.6 is 11.3 Å². The number of pyridine rings is 1. The minimum atomic E-state index is -0.199. The molecular formula is C35H41N7O2S. The van der Waals surface area contributed by atoms with Gasteiger partial charge in [0.25, 0.3) is 5.91 Å². The number of rotatable bonds is 11. The smallest absolute Gasteiger partial charge is 0.272 e. The molecule has 4 N–H and O–H groups in total. The third kappa shape index (κ3) is 6.74. The molecule has 1 fully saturated rings. The van der Waals surface area contributed by atoms with Crippen LogP contribution in [0.1, 0.15) is 22.5 Å². The number of nitrogens with two attached hydrogens (primary N) is 1. The van der Waals surface area contributed by atoms with Gasteiger partial charge in [-0.15, -0.1) is 11.3 Å². The Balaban J connectivity index is 1.13. The molecule has 234 valence electrons. The number of nitrogen functional groups attached to an aromatic ring is 1. The Hall–Kier alpha value is -4.22. The highest BCUT2D eigenvalue weighted by molar-refractivity contribution is 7.18. The van der Waals surface area contributed by atoms with E-state index in [1.807, 2.05) is 66.3 Å². The lowest BCUT2D eigenvalue weighted by atomic mass is 10.0. The average molecular weight is 624 g/mol. The number of nitrogens with zero attached hydrogens (tertiary/aromatic N) is 4. The Kier molecular flexibility index (Phi) is 9.46. The van der Waals surface area contributed by atoms with Crippen LogP contribution in [0.3, 0.4) is 0 Å². The number of likely N-dealkylation sites (N-methyl/N-ethyl adjacent to an activating group) is 1. The molecule has 0 atom stereocenters. The van der Waals surface area contributed by atoms with Crippen molar-refractivity contribution in [1.82, 2.24) is 24.7 Å². The maximum absolute atomic E-state index is 13.3. The molecule has 0 unspecified atom stereocenters. The van der Waals surface area contributed by atoms with Crippen LogP contribution in [0.15, 0.2) is 66.2 Å². The lowest BCUT2D eigenvalue weighted by Gasteiger charge is -2.32. The summed E-state index contributed by atoms with van der Waals surface area (Å²) in [5.41, 5.74) is 11.6. The molecule has 0 spiro atoms. The quantitative estimate of drug-likeness (QED) is 0.166. The van der Waals surface area contributed by atoms with Crippen molar-refractivity contribution in [3.05, 3.63) is 77.4 Å². The molecule has 6 rings (SSSR count). The fraction of sp³-hybridized carbons (Fsp3) is 0.314. The Morgan fingerprint density at radius 1 is 1.11 bits per heavy atom. The summed E-state index contributed by atoms with van der Waals surface area (Å²) < 4.78 is 8.71. The summed E-state index contributed by atoms with van der Waals surface area (Å²) in [5.74, 6) is 0.864. The number of anilines is 2. The number of benzene rings is 2. The van der Waals surface area contributed by atoms with E-state index in [0.29, 0.717) is 22.9 Å². The SMILES string of the molecule is COc1cc(-c2csc3c(/C=C/CNCCCN4CCN(C)CC4)cnc(N)c23)ccc1NC(=O)c1cc2ccccc2n1C. The van der Waals surface area contributed by atoms with Gasteiger partial charge in [0.05, 0.1) is 12.8 Å². The monoisotopic (exact) mass is 623 g/mol. The fourth-order valence-electron chi connectivity index (χ4n) is 5.94. The number of hydrogen-bond acceptors (Lipinski definition) is 8. The number of amides is 1. The predicted molar refractivity (Wildman–Crippen MR) is 187 cm³/mol. The van der Waals surface area contributed by atoms with E-state index in [9.17, 15) is 4.79 Å². The van der Waals surface area contributed by atoms with Gasteiger partial charge in [-0.3, -0.25) is 4.79 Å². The van der Waals surface area contributed by atoms with Gasteiger partial charge < -0.3 is 35.5 Å². The third-order valence-electron chi connectivity index (χ3n) is 8.58. The Labute approximate surface area is 268 Å². The molecule has 4 heterocycles. The fourth-order valence-corrected chi connectivity index (χ4v) is 7.02. The summed E-state index contributed by atoms with van der Waals surface area (Å²) in [7, 11) is 5.70. The summed E-state index contributed by atoms with van der Waals surface area (Å²) in [5, 5.41) is 10.6. The number of aromatic nitrogens is 2. The second kappa shape index (κ2) is 13.8. The first-order chi connectivity index (χ1) is 21.9. The second-order valence-corrected chi connectivity index (χ2v) is 12.5. The number of piperazine rings is 1. The first kappa shape index (κ1) is 30.8. The minimum Gasteiger partial charge on any atom is -0.495 e. The largest absolute Gasteiger partial charge is 0.495 e. The number of fused-ring (bicyclic) bond motifs is 2. The topological polar surface area (TPSA) is 101 Å². The Bertz CT molecular complexity index is 1830. The van der Waals surface area contributed by atoms with Crippen molar-refractivity contribution in [1.29, 1.82) is 0 Å². The van der Waals surface area contributed by atoms with Gasteiger partial charge in [-0.25, -0.2) is 4.98 Å². The van der Waals surface area contributed by atoms with Crippen LogP contribution in [0.4, 0.5) is 11.5 Å². The van der Waals surface area contributed by atoms with E-state index >= 15 is 0 Å². The van der Waals surface area contributed by atoms with Crippen molar-refractivity contribution < 1.29 is 9.53 Å². The number of para-hydroxylation sites is 1. The highest BCUT2D eigenvalue weighted by Crippen LogP contribution is 2.41. The number of nitrogens with one attached hydrogen (secondary N) is 2. The van der Waals surface area contributed by atoms with E-state index in [1.165, 1.54) is 13.1 Å². The van der Waals surface area contributed by atoms with Gasteiger partial charge in [0.2, 0.25) is 0 Å². The van der Waals surface area contributed by atoms with Crippen molar-refractivity contribution in [2.45, 2.75) is 6.42 Å². The van der Waals surface area contributed by atoms with Crippen molar-refractivity contribution in [3.8, 4) is 16.9 Å². The van der Waals surface area contributed by atoms with E-state index in [-0.39, 0.29) is 5.91 Å². The molecule has 5 aromatic rings. The molecule has 1 aliphatic heterocycles. The summed E-state index contributed by atoms with van der Waals surface area (Å²) in [6, 6.07) is 15.6. The lowest BCUT2D eigenvalue weighted by Crippen LogP contribution is -2.45. The number of thiophene rings is 1. The molecule has 10 heteroatoms. The Morgan fingerprint density at radius 3 is 2.73 bits per heavy atom. The molecule has 2 aromatic carbocycles. The minimum absolute atomic E-state index is 0.199. The van der Waals surface area contributed by atoms with Gasteiger partial charge in [0.1, 0.15) is 17.3 Å². The first-order valence-electron chi connectivity index (χ1n) is 15.4. The summed E-state index contributed by atoms with van der Waals surface area (Å²) in [6.07, 6.45) is 7.26. The van der Waals surface area contributed by atoms with Gasteiger partial charge >= 0.3 is 0 Å². The van der Waals surface area contributed by atoms with Crippen molar-refractivity contribution in [3.63, 3.8) is 0 Å². The Morgan fingerprint density at radius 2 is 1.93 bits per heavy atom. The number of carbonyl (C=O) groups excluding carboxylic acids is 1. The van der Waals surface area contributed by atoms with Crippen LogP contribution in [0.5, 0.6) is 5.75 Å². The standard InChI is InChI=1S/C35H41N7O2S/c1-40-16-18-42(19-17-40)15-7-14-37-13-6-9-26-22-38-34(36)32-27(23-45-33(26)32)24-11-12-28(31(21-24)44-3)39-35(43)30-20-25-8-4-5-10-29(25)41(30)2/h4-6,8-12,20-23,37H,7,13-19H2,1-3H3,(H2,36,38)(H,39,43)/b9-6+. The third-order valence-corrected chi connectivity index (χ3v) is 9.61. The van der Waals surface area contributed by atoms with Crippen LogP contribution in [-0.2, 0) is 7.05 Å². The van der Waals surface area contributed by atoms with Crippen LogP contribution in [0, 0.1) is 0 Å². The summed E-state index contributed by atoms with van der Waals surface area (Å²) in [6.45, 7) is 7.60. The molecule has 3 aromatic heterocycles. The molecule has 1 aliphatic rings. The zero-order valence-corrected chi connectivity index (χ0v) is 27.0. The molecule has 0 bridgehead atoms. The molecule has 0 radical (unpaired) electrons. The van der Waals surface area contributed by atoms with Crippen LogP contribution < -0.4 is 21.1 Å². The highest BCUT2D eigenvalue weighted by atomic mass is 32.1. The van der Waals surface area contributed by atoms with Gasteiger partial charge in [-0.1, -0.05) is 36.4 Å². The van der Waals surface area contributed by atoms with E-state index in [0.717, 1.165) is 76.8 Å². The second-order valence-electron chi connectivity index (χ2n) is 11.6. The zero-order valence-electron chi connectivity index (χ0n) is 26.2. The van der Waals surface area contributed by atoms with Gasteiger partial charge in [0, 0.05) is 78.1 Å². The molecular weight excluding hydrogens is 582 g/mol. The number of methoxy groups -OCH3 is 1. The molecule has 1 saturated heterocycles. The molecule has 9 nitrogen and oxygen atoms in total. The molecule has 45 heavy (non-hydrogen) atoms. The van der Waals surface area contributed by atoms with Crippen molar-refractivity contribution >= 4 is 55.8 Å². The lowest BCUT2D eigenvalue weighted by molar-refractivity contribution is 0.101. The van der Waals surface area contributed by atoms with Crippen LogP contribution in [-0.4, -0.2) is 85.2 Å². The van der Waals surface area contributed by atoms with Crippen LogP contribution in [0.25, 0.3) is 38.2 Å². The maximum Gasteiger partial charge on any atom is 0.272 e. The van der Waals surface area contributed by atoms with E-state index in [4.69, 9.17) is 10.5 Å². The van der Waals surface area contributed by atoms with E-state index in [2.05, 4.69) is 50.0 Å². The van der Waals surface area contributed by atoms with E-state index < -0.39 is 0 Å². The first-order valence-corrected chi connectivity index (χ1v) is 16.3. The number of hydrogen-bond donors (Lipinski definition) is 3. The predicted octanol–water partition coefficient (Wildman–Crippen LogP) is 5.54. The average Bonchev–Trinajstić information content (AvgIpc) is 3.65. The molecule has 0 saturated carbocycles. The van der Waals surface area contributed by atoms with Gasteiger partial charge in [0.15, 0.2) is 0 Å². The summed E-state index contributed by atoms with van der Waals surface area (Å²) >= 11 is 1.65. The molecule has 0 aliphatic carbocycles. The van der Waals surface area contributed by atoms with Gasteiger partial charge in [-0.2, -0.15) is 0 Å². The van der Waals surface area contributed by atoms with E-state index in [1.54, 1.807) is 18.4 Å². The van der Waals surface area contributed by atoms with Crippen molar-refractivity contribution in [2.75, 3.05) is 71.0 Å². The molecule has 1 amide bonds. The number of aryl methyl sites for hydroxylation is 1. The highest BCUT2D eigenvalue weighted by Gasteiger charge is 2.18. The maximum atomic E-state index is 13.3. The number of carbonyl (C=O) groups is 1. The number of ether oxygens (including phenoxy) is 1. The van der Waals surface area contributed by atoms with Crippen molar-refractivity contribution in [2.24, 2.45) is 7.05 Å².